The zero-order valence-electron chi connectivity index (χ0n) is 12.4. The van der Waals surface area contributed by atoms with Gasteiger partial charge in [0.1, 0.15) is 12.2 Å². The third-order valence-electron chi connectivity index (χ3n) is 3.75. The molecule has 2 aromatic rings. The number of fused-ring (bicyclic) bond motifs is 1. The van der Waals surface area contributed by atoms with Crippen LogP contribution in [0.25, 0.3) is 11.2 Å². The van der Waals surface area contributed by atoms with Gasteiger partial charge >= 0.3 is 6.09 Å². The Morgan fingerprint density at radius 2 is 2.32 bits per heavy atom. The third kappa shape index (κ3) is 2.66. The van der Waals surface area contributed by atoms with Gasteiger partial charge in [0, 0.05) is 0 Å². The first-order valence-electron chi connectivity index (χ1n) is 6.83. The minimum atomic E-state index is -2.13. The molecule has 12 heteroatoms. The second-order valence-corrected chi connectivity index (χ2v) is 5.49. The van der Waals surface area contributed by atoms with Gasteiger partial charge in [-0.2, -0.15) is 9.97 Å². The van der Waals surface area contributed by atoms with Crippen molar-refractivity contribution < 1.29 is 29.6 Å². The Hall–Kier alpha value is -2.49. The van der Waals surface area contributed by atoms with Crippen LogP contribution in [0.2, 0.25) is 5.28 Å². The Bertz CT molecular complexity index is 882. The van der Waals surface area contributed by atoms with Gasteiger partial charge in [-0.05, 0) is 11.6 Å². The summed E-state index contributed by atoms with van der Waals surface area (Å²) in [6, 6.07) is 0. The van der Waals surface area contributed by atoms with Crippen molar-refractivity contribution in [1.29, 1.82) is 0 Å². The fourth-order valence-corrected chi connectivity index (χ4v) is 2.71. The number of hydrogen-bond donors (Lipinski definition) is 4. The third-order valence-corrected chi connectivity index (χ3v) is 3.92. The van der Waals surface area contributed by atoms with Crippen LogP contribution < -0.4 is 10.5 Å². The molecule has 1 aliphatic heterocycles. The van der Waals surface area contributed by atoms with Gasteiger partial charge in [-0.15, -0.1) is 6.42 Å². The number of nitrogens with two attached hydrogens (primary N) is 1. The van der Waals surface area contributed by atoms with Gasteiger partial charge in [0.15, 0.2) is 23.0 Å². The lowest BCUT2D eigenvalue weighted by Crippen LogP contribution is -2.47. The topological polar surface area (TPSA) is 166 Å². The van der Waals surface area contributed by atoms with Gasteiger partial charge in [0.25, 0.3) is 5.88 Å². The van der Waals surface area contributed by atoms with Crippen LogP contribution in [0.4, 0.5) is 4.79 Å². The van der Waals surface area contributed by atoms with Gasteiger partial charge in [0.05, 0.1) is 12.9 Å². The quantitative estimate of drug-likeness (QED) is 0.374. The monoisotopic (exact) mass is 369 g/mol. The summed E-state index contributed by atoms with van der Waals surface area (Å²) in [6.07, 6.45) is 1.22. The number of nitrogens with zero attached hydrogens (tertiary/aromatic N) is 4. The number of hydrogen-bond acceptors (Lipinski definition) is 9. The number of rotatable bonds is 3. The van der Waals surface area contributed by atoms with E-state index in [-0.39, 0.29) is 22.3 Å². The molecular weight excluding hydrogens is 358 g/mol. The maximum atomic E-state index is 11.0. The molecule has 1 fully saturated rings. The Labute approximate surface area is 145 Å². The van der Waals surface area contributed by atoms with E-state index in [1.165, 1.54) is 10.9 Å². The van der Waals surface area contributed by atoms with Gasteiger partial charge in [-0.1, -0.05) is 5.92 Å². The molecule has 25 heavy (non-hydrogen) atoms. The predicted octanol–water partition coefficient (Wildman–Crippen LogP) is -1.45. The number of carbonyl (C=O) groups is 1. The second-order valence-electron chi connectivity index (χ2n) is 5.16. The van der Waals surface area contributed by atoms with Crippen molar-refractivity contribution in [1.82, 2.24) is 19.5 Å². The summed E-state index contributed by atoms with van der Waals surface area (Å²) in [6.45, 7) is -0.632. The van der Waals surface area contributed by atoms with Crippen LogP contribution in [0.5, 0.6) is 5.88 Å². The first-order valence-corrected chi connectivity index (χ1v) is 7.21. The van der Waals surface area contributed by atoms with E-state index in [1.807, 2.05) is 5.92 Å². The molecule has 0 bridgehead atoms. The Morgan fingerprint density at radius 1 is 1.60 bits per heavy atom. The van der Waals surface area contributed by atoms with Crippen molar-refractivity contribution in [2.75, 3.05) is 6.61 Å². The van der Waals surface area contributed by atoms with E-state index in [1.54, 1.807) is 0 Å². The van der Waals surface area contributed by atoms with Crippen molar-refractivity contribution in [3.8, 4) is 18.2 Å². The molecule has 4 atom stereocenters. The highest BCUT2D eigenvalue weighted by Crippen LogP contribution is 2.38. The molecule has 1 aliphatic rings. The van der Waals surface area contributed by atoms with E-state index in [0.29, 0.717) is 0 Å². The average molecular weight is 370 g/mol. The van der Waals surface area contributed by atoms with E-state index in [2.05, 4.69) is 15.0 Å². The fourth-order valence-electron chi connectivity index (χ4n) is 2.55. The number of halogens is 1. The highest BCUT2D eigenvalue weighted by atomic mass is 35.5. The van der Waals surface area contributed by atoms with E-state index in [4.69, 9.17) is 33.2 Å². The number of aliphatic hydroxyl groups excluding tert-OH is 2. The molecule has 11 nitrogen and oxygen atoms in total. The molecule has 2 aromatic heterocycles. The van der Waals surface area contributed by atoms with Crippen LogP contribution >= 0.6 is 11.6 Å². The average Bonchev–Trinajstić information content (AvgIpc) is 3.07. The predicted molar refractivity (Wildman–Crippen MR) is 81.3 cm³/mol. The molecule has 132 valence electrons. The summed E-state index contributed by atoms with van der Waals surface area (Å²) in [5.74, 6) is 1.73. The summed E-state index contributed by atoms with van der Waals surface area (Å²) in [7, 11) is 0. The molecule has 0 unspecified atom stereocenters. The van der Waals surface area contributed by atoms with E-state index in [0.717, 1.165) is 0 Å². The molecule has 3 heterocycles. The fraction of sp³-hybridized carbons (Fsp3) is 0.385. The number of ether oxygens (including phenoxy) is 2. The van der Waals surface area contributed by atoms with Crippen LogP contribution in [0, 0.1) is 12.3 Å². The molecule has 0 aliphatic carbocycles. The van der Waals surface area contributed by atoms with Crippen molar-refractivity contribution in [3.05, 3.63) is 11.6 Å². The van der Waals surface area contributed by atoms with Gasteiger partial charge in [-0.3, -0.25) is 4.57 Å². The number of imidazole rings is 1. The van der Waals surface area contributed by atoms with Crippen molar-refractivity contribution in [2.24, 2.45) is 5.73 Å². The number of primary amides is 1. The standard InChI is InChI=1S/C13H12ClN5O6/c1-2-13(23)5(3-20)24-10(7(13)21)19-4-16-6-8(19)17-11(14)18-9(6)25-12(15)22/h1,4-5,7,10,20-21,23H,3H2,(H2,15,22)/t5-,7+,10-,13-/m1/s1. The smallest absolute Gasteiger partial charge is 0.394 e. The molecular formula is C13H12ClN5O6. The first-order chi connectivity index (χ1) is 11.8. The molecule has 5 N–H and O–H groups in total. The molecule has 0 aromatic carbocycles. The lowest BCUT2D eigenvalue weighted by molar-refractivity contribution is -0.0605. The van der Waals surface area contributed by atoms with Gasteiger partial charge < -0.3 is 30.5 Å². The minimum Gasteiger partial charge on any atom is -0.394 e. The van der Waals surface area contributed by atoms with Crippen LogP contribution in [-0.2, 0) is 4.74 Å². The lowest BCUT2D eigenvalue weighted by Gasteiger charge is -2.23. The summed E-state index contributed by atoms with van der Waals surface area (Å²) in [5.41, 5.74) is 2.87. The van der Waals surface area contributed by atoms with Gasteiger partial charge in [-0.25, -0.2) is 9.78 Å². The molecule has 1 amide bonds. The summed E-state index contributed by atoms with van der Waals surface area (Å²) < 4.78 is 11.4. The SMILES string of the molecule is C#C[C@@]1(O)[C@@H](CO)O[C@@H](n2cnc3c(OC(N)=O)nc(Cl)nc32)[C@@H]1O. The number of aliphatic hydroxyl groups is 3. The maximum Gasteiger partial charge on any atom is 0.411 e. The molecule has 0 radical (unpaired) electrons. The zero-order valence-corrected chi connectivity index (χ0v) is 13.2. The highest BCUT2D eigenvalue weighted by Gasteiger charge is 2.55. The van der Waals surface area contributed by atoms with Crippen LogP contribution in [-0.4, -0.2) is 65.3 Å². The molecule has 0 saturated carbocycles. The summed E-state index contributed by atoms with van der Waals surface area (Å²) in [5, 5.41) is 29.8. The lowest BCUT2D eigenvalue weighted by atomic mass is 9.93. The molecule has 1 saturated heterocycles. The number of amides is 1. The summed E-state index contributed by atoms with van der Waals surface area (Å²) >= 11 is 5.80. The molecule has 0 spiro atoms. The van der Waals surface area contributed by atoms with E-state index in [9.17, 15) is 20.1 Å². The molecule has 3 rings (SSSR count). The van der Waals surface area contributed by atoms with Crippen molar-refractivity contribution in [2.45, 2.75) is 24.0 Å². The Morgan fingerprint density at radius 3 is 2.88 bits per heavy atom. The van der Waals surface area contributed by atoms with Crippen molar-refractivity contribution in [3.63, 3.8) is 0 Å². The van der Waals surface area contributed by atoms with E-state index >= 15 is 0 Å². The zero-order chi connectivity index (χ0) is 18.4. The number of aromatic nitrogens is 4. The largest absolute Gasteiger partial charge is 0.411 e. The minimum absolute atomic E-state index is 0.00990. The summed E-state index contributed by atoms with van der Waals surface area (Å²) in [4.78, 5) is 22.6. The Balaban J connectivity index is 2.10. The number of carbonyl (C=O) groups excluding carboxylic acids is 1. The first kappa shape index (κ1) is 17.3. The van der Waals surface area contributed by atoms with Crippen LogP contribution in [0.15, 0.2) is 6.33 Å². The Kier molecular flexibility index (Phi) is 4.23. The van der Waals surface area contributed by atoms with E-state index < -0.39 is 36.7 Å². The van der Waals surface area contributed by atoms with Crippen LogP contribution in [0.3, 0.4) is 0 Å². The second kappa shape index (κ2) is 6.10. The number of terminal acetylenes is 1. The maximum absolute atomic E-state index is 11.0. The normalized spacial score (nSPS) is 28.8. The van der Waals surface area contributed by atoms with Crippen LogP contribution in [0.1, 0.15) is 6.23 Å². The highest BCUT2D eigenvalue weighted by molar-refractivity contribution is 6.28. The van der Waals surface area contributed by atoms with Crippen molar-refractivity contribution >= 4 is 28.9 Å². The van der Waals surface area contributed by atoms with Gasteiger partial charge in [0.2, 0.25) is 5.28 Å².